The number of fused-ring (bicyclic) bond motifs is 1. The van der Waals surface area contributed by atoms with Crippen molar-refractivity contribution in [2.24, 2.45) is 0 Å². The SMILES string of the molecule is CC[Si](CC)(c1cccc2c1C=CC2)c1cc(C)cc(C(C)(C)C)c1O[Si](C)(C)C. The highest BCUT2D eigenvalue weighted by Gasteiger charge is 2.41. The van der Waals surface area contributed by atoms with Crippen molar-refractivity contribution in [1.29, 1.82) is 0 Å². The van der Waals surface area contributed by atoms with Crippen molar-refractivity contribution >= 4 is 32.8 Å². The van der Waals surface area contributed by atoms with Crippen molar-refractivity contribution in [3.05, 3.63) is 58.7 Å². The monoisotopic (exact) mass is 436 g/mol. The highest BCUT2D eigenvalue weighted by atomic mass is 28.4. The first-order valence-corrected chi connectivity index (χ1v) is 17.4. The van der Waals surface area contributed by atoms with Crippen molar-refractivity contribution < 1.29 is 4.43 Å². The Bertz CT molecular complexity index is 954. The van der Waals surface area contributed by atoms with E-state index in [4.69, 9.17) is 4.43 Å². The van der Waals surface area contributed by atoms with E-state index in [0.29, 0.717) is 0 Å². The smallest absolute Gasteiger partial charge is 0.242 e. The van der Waals surface area contributed by atoms with Crippen LogP contribution >= 0.6 is 0 Å². The Hall–Kier alpha value is -1.59. The molecule has 0 bridgehead atoms. The Kier molecular flexibility index (Phi) is 6.28. The summed E-state index contributed by atoms with van der Waals surface area (Å²) in [4.78, 5) is 0. The van der Waals surface area contributed by atoms with Crippen LogP contribution < -0.4 is 14.8 Å². The average molecular weight is 437 g/mol. The molecule has 0 amide bonds. The standard InChI is InChI=1S/C27H40OSi2/c1-10-30(11-2,24-17-13-15-21-14-12-16-22(21)24)25-19-20(3)18-23(27(4,5)6)26(25)28-29(7,8)9/h12-13,15-19H,10-11,14H2,1-9H3. The van der Waals surface area contributed by atoms with E-state index >= 15 is 0 Å². The van der Waals surface area contributed by atoms with E-state index in [9.17, 15) is 0 Å². The molecule has 3 rings (SSSR count). The normalized spacial score (nSPS) is 14.2. The predicted octanol–water partition coefficient (Wildman–Crippen LogP) is 6.68. The minimum atomic E-state index is -1.99. The second-order valence-electron chi connectivity index (χ2n) is 10.9. The molecule has 1 nitrogen and oxygen atoms in total. The first-order valence-electron chi connectivity index (χ1n) is 11.6. The van der Waals surface area contributed by atoms with Crippen molar-refractivity contribution in [3.8, 4) is 5.75 Å². The summed E-state index contributed by atoms with van der Waals surface area (Å²) in [5, 5.41) is 3.12. The Morgan fingerprint density at radius 2 is 1.63 bits per heavy atom. The molecule has 0 heterocycles. The molecule has 1 aliphatic carbocycles. The molecule has 0 fully saturated rings. The fraction of sp³-hybridized carbons (Fsp3) is 0.481. The van der Waals surface area contributed by atoms with E-state index in [2.05, 4.69) is 104 Å². The molecular formula is C27H40OSi2. The van der Waals surface area contributed by atoms with Gasteiger partial charge in [0, 0.05) is 0 Å². The van der Waals surface area contributed by atoms with Gasteiger partial charge in [-0.05, 0) is 65.5 Å². The zero-order valence-corrected chi connectivity index (χ0v) is 22.6. The molecule has 0 saturated carbocycles. The summed E-state index contributed by atoms with van der Waals surface area (Å²) in [6.07, 6.45) is 5.77. The van der Waals surface area contributed by atoms with E-state index in [1.807, 2.05) is 0 Å². The fourth-order valence-electron chi connectivity index (χ4n) is 4.97. The van der Waals surface area contributed by atoms with Crippen LogP contribution in [0.3, 0.4) is 0 Å². The maximum atomic E-state index is 6.95. The second-order valence-corrected chi connectivity index (χ2v) is 20.0. The van der Waals surface area contributed by atoms with Crippen molar-refractivity contribution in [2.45, 2.75) is 85.1 Å². The summed E-state index contributed by atoms with van der Waals surface area (Å²) in [6.45, 7) is 21.0. The molecule has 0 radical (unpaired) electrons. The zero-order chi connectivity index (χ0) is 22.3. The highest BCUT2D eigenvalue weighted by molar-refractivity contribution is 7.03. The lowest BCUT2D eigenvalue weighted by Gasteiger charge is -2.38. The third-order valence-corrected chi connectivity index (χ3v) is 12.6. The number of benzene rings is 2. The number of hydrogen-bond acceptors (Lipinski definition) is 1. The van der Waals surface area contributed by atoms with Crippen LogP contribution in [0.2, 0.25) is 31.7 Å². The fourth-order valence-corrected chi connectivity index (χ4v) is 10.5. The number of rotatable bonds is 6. The Morgan fingerprint density at radius 1 is 0.967 bits per heavy atom. The summed E-state index contributed by atoms with van der Waals surface area (Å²) in [5.41, 5.74) is 5.77. The van der Waals surface area contributed by atoms with Crippen LogP contribution in [0.1, 0.15) is 56.9 Å². The summed E-state index contributed by atoms with van der Waals surface area (Å²) in [6, 6.07) is 14.3. The lowest BCUT2D eigenvalue weighted by Crippen LogP contribution is -2.59. The molecule has 0 unspecified atom stereocenters. The minimum Gasteiger partial charge on any atom is -0.544 e. The number of hydrogen-bond donors (Lipinski definition) is 0. The van der Waals surface area contributed by atoms with Crippen LogP contribution in [-0.4, -0.2) is 16.4 Å². The largest absolute Gasteiger partial charge is 0.544 e. The van der Waals surface area contributed by atoms with Crippen molar-refractivity contribution in [3.63, 3.8) is 0 Å². The summed E-state index contributed by atoms with van der Waals surface area (Å²) in [5.74, 6) is 1.21. The van der Waals surface area contributed by atoms with Crippen LogP contribution in [0.4, 0.5) is 0 Å². The third kappa shape index (κ3) is 4.24. The van der Waals surface area contributed by atoms with Crippen LogP contribution in [0.15, 0.2) is 36.4 Å². The maximum absolute atomic E-state index is 6.95. The molecule has 0 N–H and O–H groups in total. The summed E-state index contributed by atoms with van der Waals surface area (Å²) >= 11 is 0. The molecule has 30 heavy (non-hydrogen) atoms. The molecule has 1 aliphatic rings. The topological polar surface area (TPSA) is 9.23 Å². The molecule has 3 heteroatoms. The van der Waals surface area contributed by atoms with Gasteiger partial charge in [0.1, 0.15) is 13.8 Å². The molecule has 0 aliphatic heterocycles. The van der Waals surface area contributed by atoms with Gasteiger partial charge < -0.3 is 4.43 Å². The predicted molar refractivity (Wildman–Crippen MR) is 139 cm³/mol. The van der Waals surface area contributed by atoms with Crippen LogP contribution in [0.5, 0.6) is 5.75 Å². The Morgan fingerprint density at radius 3 is 2.20 bits per heavy atom. The Labute approximate surface area is 186 Å². The van der Waals surface area contributed by atoms with Crippen LogP contribution in [-0.2, 0) is 11.8 Å². The van der Waals surface area contributed by atoms with Gasteiger partial charge in [0.25, 0.3) is 0 Å². The van der Waals surface area contributed by atoms with Crippen LogP contribution in [0, 0.1) is 6.92 Å². The summed E-state index contributed by atoms with van der Waals surface area (Å²) in [7, 11) is -3.77. The molecule has 0 atom stereocenters. The first kappa shape index (κ1) is 23.1. The van der Waals surface area contributed by atoms with E-state index < -0.39 is 16.4 Å². The first-order chi connectivity index (χ1) is 13.9. The molecule has 162 valence electrons. The van der Waals surface area contributed by atoms with E-state index in [-0.39, 0.29) is 5.41 Å². The van der Waals surface area contributed by atoms with E-state index in [1.165, 1.54) is 45.3 Å². The molecule has 0 saturated heterocycles. The summed E-state index contributed by atoms with van der Waals surface area (Å²) < 4.78 is 6.95. The number of aryl methyl sites for hydroxylation is 1. The molecule has 0 aromatic heterocycles. The minimum absolute atomic E-state index is 0.0515. The van der Waals surface area contributed by atoms with Gasteiger partial charge in [-0.2, -0.15) is 0 Å². The third-order valence-electron chi connectivity index (χ3n) is 6.51. The lowest BCUT2D eigenvalue weighted by molar-refractivity contribution is 0.511. The van der Waals surface area contributed by atoms with Crippen molar-refractivity contribution in [2.75, 3.05) is 0 Å². The molecule has 0 spiro atoms. The molecule has 2 aromatic carbocycles. The van der Waals surface area contributed by atoms with E-state index in [1.54, 1.807) is 5.19 Å². The molecule has 2 aromatic rings. The van der Waals surface area contributed by atoms with E-state index in [0.717, 1.165) is 6.42 Å². The highest BCUT2D eigenvalue weighted by Crippen LogP contribution is 2.36. The van der Waals surface area contributed by atoms with Gasteiger partial charge in [-0.3, -0.25) is 0 Å². The second kappa shape index (κ2) is 8.16. The van der Waals surface area contributed by atoms with Gasteiger partial charge in [-0.25, -0.2) is 0 Å². The lowest BCUT2D eigenvalue weighted by atomic mass is 9.85. The van der Waals surface area contributed by atoms with Crippen molar-refractivity contribution in [1.82, 2.24) is 0 Å². The van der Waals surface area contributed by atoms with Gasteiger partial charge in [0.2, 0.25) is 8.32 Å². The van der Waals surface area contributed by atoms with Gasteiger partial charge in [0.15, 0.2) is 0 Å². The van der Waals surface area contributed by atoms with Gasteiger partial charge in [-0.15, -0.1) is 0 Å². The van der Waals surface area contributed by atoms with Gasteiger partial charge >= 0.3 is 0 Å². The van der Waals surface area contributed by atoms with Crippen LogP contribution in [0.25, 0.3) is 6.08 Å². The van der Waals surface area contributed by atoms with Gasteiger partial charge in [-0.1, -0.05) is 94.8 Å². The Balaban J connectivity index is 2.40. The van der Waals surface area contributed by atoms with Gasteiger partial charge in [0.05, 0.1) is 0 Å². The zero-order valence-electron chi connectivity index (χ0n) is 20.6. The maximum Gasteiger partial charge on any atom is 0.242 e. The number of allylic oxidation sites excluding steroid dienone is 1. The average Bonchev–Trinajstić information content (AvgIpc) is 3.12. The quantitative estimate of drug-likeness (QED) is 0.459. The molecular weight excluding hydrogens is 396 g/mol.